The highest BCUT2D eigenvalue weighted by Crippen LogP contribution is 2.30. The molecule has 1 heterocycles. The van der Waals surface area contributed by atoms with Gasteiger partial charge in [0.2, 0.25) is 0 Å². The molecule has 0 spiro atoms. The molecule has 0 aliphatic heterocycles. The summed E-state index contributed by atoms with van der Waals surface area (Å²) in [6.07, 6.45) is 9.09. The molecular weight excluding hydrogens is 364 g/mol. The number of para-hydroxylation sites is 1. The predicted molar refractivity (Wildman–Crippen MR) is 106 cm³/mol. The van der Waals surface area contributed by atoms with Crippen molar-refractivity contribution in [3.8, 4) is 5.75 Å². The van der Waals surface area contributed by atoms with Gasteiger partial charge in [-0.2, -0.15) is 4.51 Å². The van der Waals surface area contributed by atoms with Gasteiger partial charge in [-0.1, -0.05) is 57.2 Å². The fraction of sp³-hybridized carbons (Fsp3) is 0.571. The molecule has 2 rings (SSSR count). The number of aromatic amines is 2. The molecule has 1 aromatic carbocycles. The monoisotopic (exact) mass is 390 g/mol. The molecule has 0 bridgehead atoms. The zero-order valence-electron chi connectivity index (χ0n) is 13.5. The largest absolute Gasteiger partial charge is 0.367 e. The smallest absolute Gasteiger partial charge is 0.156 e. The van der Waals surface area contributed by atoms with Crippen LogP contribution in [-0.4, -0.2) is 17.8 Å². The zero-order chi connectivity index (χ0) is 16.2. The molecule has 0 aliphatic carbocycles. The van der Waals surface area contributed by atoms with Crippen molar-refractivity contribution in [3.63, 3.8) is 0 Å². The number of H-pyrrole nitrogens is 2. The molecule has 0 saturated carbocycles. The van der Waals surface area contributed by atoms with Crippen molar-refractivity contribution in [1.29, 1.82) is 0 Å². The maximum atomic E-state index is 6.11. The third kappa shape index (κ3) is 7.69. The number of nitrogens with zero attached hydrogens (tertiary/aromatic N) is 2. The van der Waals surface area contributed by atoms with Crippen LogP contribution in [0.25, 0.3) is 0 Å². The third-order valence-corrected chi connectivity index (χ3v) is 8.89. The highest BCUT2D eigenvalue weighted by Gasteiger charge is 2.01. The van der Waals surface area contributed by atoms with E-state index >= 15 is 0 Å². The lowest BCUT2D eigenvalue weighted by Gasteiger charge is -2.12. The highest BCUT2D eigenvalue weighted by molar-refractivity contribution is 7.52. The summed E-state index contributed by atoms with van der Waals surface area (Å²) in [4.78, 5) is 6.11. The molecule has 0 saturated heterocycles. The molecule has 1 aromatic heterocycles. The van der Waals surface area contributed by atoms with E-state index in [1.807, 2.05) is 30.3 Å². The maximum Gasteiger partial charge on any atom is 0.156 e. The minimum absolute atomic E-state index is 0.430. The molecule has 0 radical (unpaired) electrons. The van der Waals surface area contributed by atoms with Crippen LogP contribution in [0.2, 0.25) is 0 Å². The van der Waals surface area contributed by atoms with Crippen LogP contribution in [0.3, 0.4) is 0 Å². The van der Waals surface area contributed by atoms with Gasteiger partial charge in [-0.15, -0.1) is 4.26 Å². The zero-order valence-corrected chi connectivity index (χ0v) is 17.3. The summed E-state index contributed by atoms with van der Waals surface area (Å²) in [6, 6.07) is 10.0. The third-order valence-electron chi connectivity index (χ3n) is 3.35. The van der Waals surface area contributed by atoms with Gasteiger partial charge >= 0.3 is 0 Å². The summed E-state index contributed by atoms with van der Waals surface area (Å²) in [7, 11) is 1.32. The molecular formula is C14H26N4OP4. The molecule has 0 amide bonds. The molecule has 0 aliphatic rings. The van der Waals surface area contributed by atoms with Gasteiger partial charge in [0, 0.05) is 14.7 Å². The lowest BCUT2D eigenvalue weighted by atomic mass is 10.1. The summed E-state index contributed by atoms with van der Waals surface area (Å²) in [6.45, 7) is 2.26. The Morgan fingerprint density at radius 1 is 1.17 bits per heavy atom. The first-order valence-electron chi connectivity index (χ1n) is 8.12. The summed E-state index contributed by atoms with van der Waals surface area (Å²) in [5.41, 5.74) is 0. The second kappa shape index (κ2) is 11.9. The number of unbranched alkanes of at least 4 members (excludes halogenated alkanes) is 5. The second-order valence-electron chi connectivity index (χ2n) is 5.22. The Morgan fingerprint density at radius 2 is 1.96 bits per heavy atom. The van der Waals surface area contributed by atoms with Crippen LogP contribution in [0.4, 0.5) is 0 Å². The van der Waals surface area contributed by atoms with Crippen molar-refractivity contribution >= 4 is 33.4 Å². The van der Waals surface area contributed by atoms with E-state index in [1.165, 1.54) is 38.5 Å². The van der Waals surface area contributed by atoms with Crippen LogP contribution >= 0.6 is 33.4 Å². The normalized spacial score (nSPS) is 12.1. The Hall–Kier alpha value is -0.580. The van der Waals surface area contributed by atoms with Crippen LogP contribution < -0.4 is 4.84 Å². The Labute approximate surface area is 144 Å². The average Bonchev–Trinajstić information content (AvgIpc) is 2.56. The van der Waals surface area contributed by atoms with Crippen molar-refractivity contribution in [2.75, 3.05) is 0 Å². The fourth-order valence-electron chi connectivity index (χ4n) is 2.13. The van der Waals surface area contributed by atoms with E-state index in [4.69, 9.17) is 4.84 Å². The van der Waals surface area contributed by atoms with Crippen molar-refractivity contribution < 1.29 is 4.84 Å². The van der Waals surface area contributed by atoms with E-state index in [2.05, 4.69) is 24.7 Å². The Bertz CT molecular complexity index is 604. The van der Waals surface area contributed by atoms with Crippen molar-refractivity contribution in [1.82, 2.24) is 17.8 Å². The second-order valence-corrected chi connectivity index (χ2v) is 10.9. The van der Waals surface area contributed by atoms with Gasteiger partial charge < -0.3 is 9.35 Å². The minimum atomic E-state index is -0.518. The minimum Gasteiger partial charge on any atom is -0.367 e. The van der Waals surface area contributed by atoms with Crippen LogP contribution in [-0.2, 0) is 6.16 Å². The van der Waals surface area contributed by atoms with E-state index < -0.39 is 7.85 Å². The molecule has 3 atom stereocenters. The highest BCUT2D eigenvalue weighted by atomic mass is 31.2. The molecule has 9 heteroatoms. The van der Waals surface area contributed by atoms with Crippen molar-refractivity contribution in [2.45, 2.75) is 51.6 Å². The first-order valence-corrected chi connectivity index (χ1v) is 12.3. The standard InChI is InChI=1S/C14H26N4OP4/c1-2-3-4-5-6-10-13-23-17-21-15-20-16-22-18(23)19-14-11-8-7-9-12-14/h7-9,11-12,16,20,22H,2-6,10,13H2,1H3,(H,15,17). The molecule has 2 N–H and O–H groups in total. The number of aromatic nitrogens is 4. The van der Waals surface area contributed by atoms with Gasteiger partial charge in [-0.05, 0) is 18.6 Å². The van der Waals surface area contributed by atoms with Crippen LogP contribution in [0, 0.1) is 0 Å². The molecule has 128 valence electrons. The van der Waals surface area contributed by atoms with Crippen molar-refractivity contribution in [2.24, 2.45) is 0 Å². The lowest BCUT2D eigenvalue weighted by molar-refractivity contribution is 0.274. The van der Waals surface area contributed by atoms with Gasteiger partial charge in [0.05, 0.1) is 16.4 Å². The van der Waals surface area contributed by atoms with Gasteiger partial charge in [-0.3, -0.25) is 4.51 Å². The molecule has 2 aromatic rings. The number of hydrogen-bond donors (Lipinski definition) is 2. The number of rotatable bonds is 9. The van der Waals surface area contributed by atoms with Gasteiger partial charge in [0.15, 0.2) is 5.75 Å². The van der Waals surface area contributed by atoms with Gasteiger partial charge in [-0.25, -0.2) is 0 Å². The lowest BCUT2D eigenvalue weighted by Crippen LogP contribution is -2.00. The average molecular weight is 390 g/mol. The summed E-state index contributed by atoms with van der Waals surface area (Å²) in [5, 5.41) is 0. The van der Waals surface area contributed by atoms with Crippen LogP contribution in [0.5, 0.6) is 5.75 Å². The first-order chi connectivity index (χ1) is 11.4. The molecule has 3 unspecified atom stereocenters. The fourth-order valence-corrected chi connectivity index (χ4v) is 7.97. The molecule has 5 nitrogen and oxygen atoms in total. The summed E-state index contributed by atoms with van der Waals surface area (Å²) >= 11 is 0. The van der Waals surface area contributed by atoms with E-state index in [-0.39, 0.29) is 0 Å². The predicted octanol–water partition coefficient (Wildman–Crippen LogP) is 6.62. The number of hydrogen-bond acceptors (Lipinski definition) is 2. The van der Waals surface area contributed by atoms with Gasteiger partial charge in [0.1, 0.15) is 8.51 Å². The maximum absolute atomic E-state index is 6.11. The quantitative estimate of drug-likeness (QED) is 0.473. The van der Waals surface area contributed by atoms with Crippen LogP contribution in [0.1, 0.15) is 45.4 Å². The Kier molecular flexibility index (Phi) is 9.69. The number of aryl methyl sites for hydroxylation is 1. The molecule has 0 fully saturated rings. The Balaban J connectivity index is 2.01. The van der Waals surface area contributed by atoms with E-state index in [0.29, 0.717) is 17.0 Å². The van der Waals surface area contributed by atoms with Crippen molar-refractivity contribution in [3.05, 3.63) is 30.3 Å². The van der Waals surface area contributed by atoms with E-state index in [9.17, 15) is 0 Å². The topological polar surface area (TPSA) is 58.6 Å². The van der Waals surface area contributed by atoms with Crippen LogP contribution in [0.15, 0.2) is 30.3 Å². The van der Waals surface area contributed by atoms with Gasteiger partial charge in [0.25, 0.3) is 0 Å². The number of nitrogens with one attached hydrogen (secondary N) is 2. The number of benzene rings is 1. The summed E-state index contributed by atoms with van der Waals surface area (Å²) < 4.78 is 13.4. The summed E-state index contributed by atoms with van der Waals surface area (Å²) in [5.74, 6) is 0.900. The van der Waals surface area contributed by atoms with E-state index in [1.54, 1.807) is 0 Å². The first kappa shape index (κ1) is 18.8. The SMILES string of the molecule is CCCCCCCCp1[nH]pn[pH][nH][pH]n1Oc1ccccc1. The van der Waals surface area contributed by atoms with E-state index in [0.717, 1.165) is 20.4 Å². The molecule has 23 heavy (non-hydrogen) atoms. The Morgan fingerprint density at radius 3 is 2.78 bits per heavy atom.